The first-order valence-electron chi connectivity index (χ1n) is 10.8. The Morgan fingerprint density at radius 3 is 1.93 bits per heavy atom. The van der Waals surface area contributed by atoms with Crippen molar-refractivity contribution in [1.29, 1.82) is 0 Å². The van der Waals surface area contributed by atoms with Crippen molar-refractivity contribution in [3.05, 3.63) is 12.2 Å². The van der Waals surface area contributed by atoms with Gasteiger partial charge in [-0.1, -0.05) is 53.7 Å². The van der Waals surface area contributed by atoms with E-state index in [4.69, 9.17) is 18.3 Å². The van der Waals surface area contributed by atoms with Crippen LogP contribution in [0.1, 0.15) is 55.4 Å². The van der Waals surface area contributed by atoms with E-state index in [1.807, 2.05) is 19.9 Å². The van der Waals surface area contributed by atoms with Crippen LogP contribution in [0.25, 0.3) is 0 Å². The van der Waals surface area contributed by atoms with Gasteiger partial charge >= 0.3 is 0 Å². The van der Waals surface area contributed by atoms with Crippen molar-refractivity contribution in [2.45, 2.75) is 116 Å². The largest absolute Gasteiger partial charge is 0.414 e. The summed E-state index contributed by atoms with van der Waals surface area (Å²) in [6.45, 7) is 26.8. The van der Waals surface area contributed by atoms with E-state index in [2.05, 4.69) is 67.7 Å². The predicted molar refractivity (Wildman–Crippen MR) is 125 cm³/mol. The maximum atomic E-state index is 9.25. The second-order valence-electron chi connectivity index (χ2n) is 11.7. The molecule has 1 heterocycles. The highest BCUT2D eigenvalue weighted by Gasteiger charge is 2.49. The van der Waals surface area contributed by atoms with Crippen LogP contribution in [0.4, 0.5) is 0 Å². The summed E-state index contributed by atoms with van der Waals surface area (Å²) in [5.41, 5.74) is 0. The van der Waals surface area contributed by atoms with Gasteiger partial charge in [0.05, 0.1) is 19.3 Å². The lowest BCUT2D eigenvalue weighted by molar-refractivity contribution is -0.154. The van der Waals surface area contributed by atoms with Crippen molar-refractivity contribution in [3.8, 4) is 0 Å². The van der Waals surface area contributed by atoms with Gasteiger partial charge in [0.15, 0.2) is 22.4 Å². The molecule has 0 spiro atoms. The lowest BCUT2D eigenvalue weighted by Crippen LogP contribution is -2.52. The summed E-state index contributed by atoms with van der Waals surface area (Å²) in [6, 6.07) is 0. The molecule has 1 fully saturated rings. The molecule has 0 aromatic rings. The normalized spacial score (nSPS) is 25.0. The molecule has 0 aromatic heterocycles. The zero-order chi connectivity index (χ0) is 22.9. The Morgan fingerprint density at radius 1 is 0.966 bits per heavy atom. The van der Waals surface area contributed by atoms with Crippen LogP contribution >= 0.6 is 0 Å². The molecule has 0 radical (unpaired) electrons. The minimum atomic E-state index is -2.06. The standard InChI is InChI=1S/C22H46O5Si2/c1-20(2,3)28(9,10)24-16-18(27-29(11,12)21(4,5)6)19-17(14-13-15-23)25-22(7,8)26-19/h13-14,17-19,23H,15-16H2,1-12H3/b14-13-/t17-,18+,19-/m0/s1. The SMILES string of the molecule is CC1(C)O[C@H]([C@@H](CO[Si](C)(C)C(C)(C)C)O[Si](C)(C)C(C)(C)C)[C@H](/C=C\CO)O1. The van der Waals surface area contributed by atoms with Crippen molar-refractivity contribution in [2.75, 3.05) is 13.2 Å². The molecule has 29 heavy (non-hydrogen) atoms. The summed E-state index contributed by atoms with van der Waals surface area (Å²) >= 11 is 0. The van der Waals surface area contributed by atoms with Gasteiger partial charge in [0.25, 0.3) is 0 Å². The summed E-state index contributed by atoms with van der Waals surface area (Å²) in [5.74, 6) is -0.707. The molecule has 0 aliphatic carbocycles. The maximum Gasteiger partial charge on any atom is 0.192 e. The zero-order valence-electron chi connectivity index (χ0n) is 20.9. The van der Waals surface area contributed by atoms with E-state index in [1.54, 1.807) is 6.08 Å². The zero-order valence-corrected chi connectivity index (χ0v) is 22.9. The van der Waals surface area contributed by atoms with Gasteiger partial charge in [0.1, 0.15) is 12.2 Å². The summed E-state index contributed by atoms with van der Waals surface area (Å²) in [5, 5.41) is 9.45. The molecule has 7 heteroatoms. The molecule has 1 aliphatic rings. The third-order valence-electron chi connectivity index (χ3n) is 6.63. The van der Waals surface area contributed by atoms with Crippen molar-refractivity contribution in [2.24, 2.45) is 0 Å². The summed E-state index contributed by atoms with van der Waals surface area (Å²) in [6.07, 6.45) is 2.79. The maximum absolute atomic E-state index is 9.25. The monoisotopic (exact) mass is 446 g/mol. The van der Waals surface area contributed by atoms with Gasteiger partial charge < -0.3 is 23.4 Å². The minimum absolute atomic E-state index is 0.0266. The van der Waals surface area contributed by atoms with E-state index in [1.165, 1.54) is 0 Å². The molecule has 0 aromatic carbocycles. The van der Waals surface area contributed by atoms with Gasteiger partial charge in [-0.15, -0.1) is 0 Å². The highest BCUT2D eigenvalue weighted by molar-refractivity contribution is 6.74. The van der Waals surface area contributed by atoms with E-state index < -0.39 is 22.4 Å². The van der Waals surface area contributed by atoms with Gasteiger partial charge in [-0.25, -0.2) is 0 Å². The third kappa shape index (κ3) is 7.26. The van der Waals surface area contributed by atoms with Crippen molar-refractivity contribution < 1.29 is 23.4 Å². The summed E-state index contributed by atoms with van der Waals surface area (Å²) < 4.78 is 25.8. The predicted octanol–water partition coefficient (Wildman–Crippen LogP) is 5.47. The van der Waals surface area contributed by atoms with Crippen LogP contribution in [-0.2, 0) is 18.3 Å². The van der Waals surface area contributed by atoms with Crippen LogP contribution in [0, 0.1) is 0 Å². The van der Waals surface area contributed by atoms with Gasteiger partial charge in [0, 0.05) is 0 Å². The van der Waals surface area contributed by atoms with Gasteiger partial charge in [-0.3, -0.25) is 0 Å². The molecule has 1 N–H and O–H groups in total. The molecule has 0 unspecified atom stereocenters. The first kappa shape index (κ1) is 27.0. The molecule has 0 bridgehead atoms. The second-order valence-corrected chi connectivity index (χ2v) is 21.2. The molecule has 1 aliphatic heterocycles. The van der Waals surface area contributed by atoms with Crippen LogP contribution in [0.15, 0.2) is 12.2 Å². The van der Waals surface area contributed by atoms with Crippen molar-refractivity contribution >= 4 is 16.6 Å². The van der Waals surface area contributed by atoms with Crippen molar-refractivity contribution in [3.63, 3.8) is 0 Å². The topological polar surface area (TPSA) is 57.2 Å². The molecular weight excluding hydrogens is 400 g/mol. The Labute approximate surface area is 181 Å². The molecule has 1 saturated heterocycles. The van der Waals surface area contributed by atoms with E-state index in [-0.39, 0.29) is 35.0 Å². The summed E-state index contributed by atoms with van der Waals surface area (Å²) in [4.78, 5) is 0. The van der Waals surface area contributed by atoms with Crippen LogP contribution < -0.4 is 0 Å². The van der Waals surface area contributed by atoms with Crippen LogP contribution in [0.3, 0.4) is 0 Å². The Bertz CT molecular complexity index is 559. The first-order valence-corrected chi connectivity index (χ1v) is 16.6. The fourth-order valence-corrected chi connectivity index (χ4v) is 5.03. The molecule has 3 atom stereocenters. The lowest BCUT2D eigenvalue weighted by atomic mass is 10.1. The number of aliphatic hydroxyl groups is 1. The molecule has 1 rings (SSSR count). The number of hydrogen-bond acceptors (Lipinski definition) is 5. The fourth-order valence-electron chi connectivity index (χ4n) is 2.71. The van der Waals surface area contributed by atoms with E-state index >= 15 is 0 Å². The van der Waals surface area contributed by atoms with E-state index in [0.29, 0.717) is 6.61 Å². The van der Waals surface area contributed by atoms with E-state index in [0.717, 1.165) is 0 Å². The summed E-state index contributed by atoms with van der Waals surface area (Å²) in [7, 11) is -4.00. The first-order chi connectivity index (χ1) is 12.8. The molecule has 5 nitrogen and oxygen atoms in total. The Kier molecular flexibility index (Phi) is 8.59. The molecular formula is C22H46O5Si2. The van der Waals surface area contributed by atoms with Crippen molar-refractivity contribution in [1.82, 2.24) is 0 Å². The Morgan fingerprint density at radius 2 is 1.48 bits per heavy atom. The number of ether oxygens (including phenoxy) is 2. The second kappa shape index (κ2) is 9.22. The smallest absolute Gasteiger partial charge is 0.192 e. The van der Waals surface area contributed by atoms with Crippen LogP contribution in [-0.4, -0.2) is 59.1 Å². The van der Waals surface area contributed by atoms with Gasteiger partial charge in [0.2, 0.25) is 0 Å². The van der Waals surface area contributed by atoms with Gasteiger partial charge in [-0.2, -0.15) is 0 Å². The number of hydrogen-bond donors (Lipinski definition) is 1. The molecule has 0 saturated carbocycles. The van der Waals surface area contributed by atoms with E-state index in [9.17, 15) is 5.11 Å². The van der Waals surface area contributed by atoms with Gasteiger partial charge in [-0.05, 0) is 50.1 Å². The minimum Gasteiger partial charge on any atom is -0.414 e. The molecule has 172 valence electrons. The highest BCUT2D eigenvalue weighted by atomic mass is 28.4. The lowest BCUT2D eigenvalue weighted by Gasteiger charge is -2.43. The fraction of sp³-hybridized carbons (Fsp3) is 0.909. The van der Waals surface area contributed by atoms with Crippen LogP contribution in [0.2, 0.25) is 36.3 Å². The molecule has 0 amide bonds. The third-order valence-corrected chi connectivity index (χ3v) is 15.6. The highest BCUT2D eigenvalue weighted by Crippen LogP contribution is 2.41. The Balaban J connectivity index is 3.20. The average molecular weight is 447 g/mol. The number of aliphatic hydroxyl groups excluding tert-OH is 1. The quantitative estimate of drug-likeness (QED) is 0.396. The van der Waals surface area contributed by atoms with Crippen LogP contribution in [0.5, 0.6) is 0 Å². The number of rotatable bonds is 8. The Hall–Kier alpha value is -0.0262. The average Bonchev–Trinajstić information content (AvgIpc) is 2.81.